The maximum Gasteiger partial charge on any atom is 0.254 e. The fourth-order valence-electron chi connectivity index (χ4n) is 5.61. The van der Waals surface area contributed by atoms with Gasteiger partial charge >= 0.3 is 0 Å². The van der Waals surface area contributed by atoms with E-state index in [1.165, 1.54) is 16.8 Å². The summed E-state index contributed by atoms with van der Waals surface area (Å²) < 4.78 is 25.3. The number of aldehydes is 1. The van der Waals surface area contributed by atoms with Gasteiger partial charge in [0, 0.05) is 11.8 Å². The first-order valence-corrected chi connectivity index (χ1v) is 15.8. The minimum Gasteiger partial charge on any atom is -0.497 e. The Kier molecular flexibility index (Phi) is 11.4. The van der Waals surface area contributed by atoms with E-state index in [9.17, 15) is 19.8 Å². The predicted octanol–water partition coefficient (Wildman–Crippen LogP) is 4.22. The lowest BCUT2D eigenvalue weighted by atomic mass is 9.80. The number of halogens is 2. The van der Waals surface area contributed by atoms with Gasteiger partial charge in [-0.25, -0.2) is 0 Å². The number of aliphatic hydroxyl groups excluding tert-OH is 2. The molecular formula is C36H34Cl2N2O8. The van der Waals surface area contributed by atoms with Crippen LogP contribution in [0.4, 0.5) is 0 Å². The molecule has 1 saturated heterocycles. The number of alkyl halides is 2. The molecule has 2 heterocycles. The van der Waals surface area contributed by atoms with E-state index < -0.39 is 40.9 Å². The molecule has 0 saturated carbocycles. The number of aliphatic hydroxyl groups is 2. The van der Waals surface area contributed by atoms with Gasteiger partial charge < -0.3 is 39.0 Å². The van der Waals surface area contributed by atoms with Gasteiger partial charge in [-0.05, 0) is 47.0 Å². The molecule has 1 aliphatic rings. The lowest BCUT2D eigenvalue weighted by Gasteiger charge is -2.37. The van der Waals surface area contributed by atoms with Crippen LogP contribution in [0.3, 0.4) is 0 Å². The van der Waals surface area contributed by atoms with Gasteiger partial charge in [0.05, 0.1) is 33.1 Å². The molecule has 12 heteroatoms. The van der Waals surface area contributed by atoms with Gasteiger partial charge in [0.2, 0.25) is 0 Å². The fourth-order valence-corrected chi connectivity index (χ4v) is 5.77. The van der Waals surface area contributed by atoms with Crippen LogP contribution >= 0.6 is 23.2 Å². The Labute approximate surface area is 288 Å². The molecule has 1 unspecified atom stereocenters. The monoisotopic (exact) mass is 692 g/mol. The van der Waals surface area contributed by atoms with Crippen LogP contribution in [-0.2, 0) is 19.9 Å². The highest BCUT2D eigenvalue weighted by atomic mass is 35.5. The van der Waals surface area contributed by atoms with E-state index in [0.717, 1.165) is 16.7 Å². The Morgan fingerprint density at radius 1 is 0.958 bits per heavy atom. The van der Waals surface area contributed by atoms with E-state index in [4.69, 9.17) is 42.1 Å². The van der Waals surface area contributed by atoms with E-state index in [1.54, 1.807) is 14.2 Å². The summed E-state index contributed by atoms with van der Waals surface area (Å²) in [5, 5.41) is 24.8. The van der Waals surface area contributed by atoms with E-state index >= 15 is 0 Å². The Hall–Kier alpha value is -4.34. The molecule has 4 atom stereocenters. The third-order valence-electron chi connectivity index (χ3n) is 8.03. The summed E-state index contributed by atoms with van der Waals surface area (Å²) in [4.78, 5) is 22.3. The molecule has 3 N–H and O–H groups in total. The standard InChI is InChI=1S/C36H34Cl2N2O8/c1-45-28-14-10-25(11-15-28)36(24-8-4-3-5-9-24,26-12-16-29(46-2)17-13-26)47-22-30-31(42)32(43)35(48-30)40-20-23(19-27(40)21-41)7-6-18-39-34(44)33(37)38/h3-5,8-17,19-21,30-33,35,42-43H,18,22H2,1-2H3,(H,39,44)/t30-,31-,32-,35?/m1/s1. The molecule has 4 aromatic rings. The summed E-state index contributed by atoms with van der Waals surface area (Å²) in [6.45, 7) is -0.170. The molecule has 0 radical (unpaired) electrons. The SMILES string of the molecule is COc1ccc(C(OC[C@H]2OC(n3cc(C#CCNC(=O)C(Cl)Cl)cc3C=O)[C@H](O)[C@@H]2O)(c2ccccc2)c2ccc(OC)cc2)cc1. The first-order valence-electron chi connectivity index (χ1n) is 14.9. The maximum absolute atomic E-state index is 12.0. The quantitative estimate of drug-likeness (QED) is 0.0872. The Bertz CT molecular complexity index is 1700. The molecule has 1 fully saturated rings. The zero-order chi connectivity index (χ0) is 34.3. The molecule has 48 heavy (non-hydrogen) atoms. The second kappa shape index (κ2) is 15.7. The number of methoxy groups -OCH3 is 2. The highest BCUT2D eigenvalue weighted by Gasteiger charge is 2.46. The van der Waals surface area contributed by atoms with Crippen molar-refractivity contribution < 1.29 is 38.7 Å². The van der Waals surface area contributed by atoms with Crippen molar-refractivity contribution in [3.8, 4) is 23.3 Å². The largest absolute Gasteiger partial charge is 0.497 e. The van der Waals surface area contributed by atoms with Crippen LogP contribution < -0.4 is 14.8 Å². The van der Waals surface area contributed by atoms with Crippen molar-refractivity contribution in [1.29, 1.82) is 0 Å². The fraction of sp³-hybridized carbons (Fsp3) is 0.278. The van der Waals surface area contributed by atoms with Crippen LogP contribution in [0.25, 0.3) is 0 Å². The first-order chi connectivity index (χ1) is 23.2. The number of aromatic nitrogens is 1. The minimum absolute atomic E-state index is 0.0252. The topological polar surface area (TPSA) is 128 Å². The van der Waals surface area contributed by atoms with Gasteiger partial charge in [-0.3, -0.25) is 9.59 Å². The molecule has 0 bridgehead atoms. The van der Waals surface area contributed by atoms with Gasteiger partial charge in [0.1, 0.15) is 35.4 Å². The third kappa shape index (κ3) is 7.37. The average molecular weight is 694 g/mol. The normalized spacial score (nSPS) is 19.0. The number of rotatable bonds is 12. The molecular weight excluding hydrogens is 659 g/mol. The van der Waals surface area contributed by atoms with Gasteiger partial charge in [0.15, 0.2) is 17.4 Å². The molecule has 0 aliphatic carbocycles. The Balaban J connectivity index is 1.45. The van der Waals surface area contributed by atoms with Crippen LogP contribution in [-0.4, -0.2) is 77.5 Å². The van der Waals surface area contributed by atoms with Crippen LogP contribution in [0.1, 0.15) is 39.0 Å². The number of hydrogen-bond acceptors (Lipinski definition) is 8. The van der Waals surface area contributed by atoms with E-state index in [1.807, 2.05) is 78.9 Å². The van der Waals surface area contributed by atoms with Gasteiger partial charge in [-0.2, -0.15) is 0 Å². The van der Waals surface area contributed by atoms with Crippen molar-refractivity contribution >= 4 is 35.4 Å². The number of ether oxygens (including phenoxy) is 4. The van der Waals surface area contributed by atoms with Crippen LogP contribution in [0.2, 0.25) is 0 Å². The van der Waals surface area contributed by atoms with Crippen molar-refractivity contribution in [1.82, 2.24) is 9.88 Å². The van der Waals surface area contributed by atoms with Gasteiger partial charge in [-0.15, -0.1) is 0 Å². The molecule has 10 nitrogen and oxygen atoms in total. The van der Waals surface area contributed by atoms with E-state index in [0.29, 0.717) is 23.3 Å². The Morgan fingerprint density at radius 3 is 2.08 bits per heavy atom. The lowest BCUT2D eigenvalue weighted by molar-refractivity contribution is -0.119. The highest BCUT2D eigenvalue weighted by molar-refractivity contribution is 6.53. The van der Waals surface area contributed by atoms with Crippen molar-refractivity contribution in [2.24, 2.45) is 0 Å². The van der Waals surface area contributed by atoms with Crippen molar-refractivity contribution in [2.45, 2.75) is 35.0 Å². The van der Waals surface area contributed by atoms with Crippen LogP contribution in [0.15, 0.2) is 91.1 Å². The number of hydrogen-bond donors (Lipinski definition) is 3. The minimum atomic E-state index is -1.40. The third-order valence-corrected chi connectivity index (χ3v) is 8.43. The van der Waals surface area contributed by atoms with Crippen LogP contribution in [0.5, 0.6) is 11.5 Å². The number of carbonyl (C=O) groups excluding carboxylic acids is 2. The number of carbonyl (C=O) groups is 2. The van der Waals surface area contributed by atoms with E-state index in [2.05, 4.69) is 17.2 Å². The summed E-state index contributed by atoms with van der Waals surface area (Å²) in [7, 11) is 3.18. The molecule has 1 aromatic heterocycles. The maximum atomic E-state index is 12.0. The predicted molar refractivity (Wildman–Crippen MR) is 179 cm³/mol. The number of amides is 1. The number of benzene rings is 3. The highest BCUT2D eigenvalue weighted by Crippen LogP contribution is 2.43. The lowest BCUT2D eigenvalue weighted by Crippen LogP contribution is -2.39. The van der Waals surface area contributed by atoms with E-state index in [-0.39, 0.29) is 18.8 Å². The number of nitrogens with one attached hydrogen (secondary N) is 1. The summed E-state index contributed by atoms with van der Waals surface area (Å²) in [6, 6.07) is 26.1. The molecule has 0 spiro atoms. The van der Waals surface area contributed by atoms with Crippen LogP contribution in [0, 0.1) is 11.8 Å². The van der Waals surface area contributed by atoms with Gasteiger partial charge in [-0.1, -0.05) is 89.6 Å². The average Bonchev–Trinajstić information content (AvgIpc) is 3.66. The zero-order valence-corrected chi connectivity index (χ0v) is 27.6. The van der Waals surface area contributed by atoms with Crippen molar-refractivity contribution in [3.63, 3.8) is 0 Å². The first kappa shape index (κ1) is 35.0. The summed E-state index contributed by atoms with van der Waals surface area (Å²) in [5.41, 5.74) is 1.78. The zero-order valence-electron chi connectivity index (χ0n) is 26.1. The number of nitrogens with zero attached hydrogens (tertiary/aromatic N) is 1. The second-order valence-electron chi connectivity index (χ2n) is 10.9. The summed E-state index contributed by atoms with van der Waals surface area (Å²) in [6.07, 6.45) is -2.75. The molecule has 250 valence electrons. The Morgan fingerprint density at radius 2 is 1.54 bits per heavy atom. The van der Waals surface area contributed by atoms with Gasteiger partial charge in [0.25, 0.3) is 5.91 Å². The smallest absolute Gasteiger partial charge is 0.254 e. The second-order valence-corrected chi connectivity index (χ2v) is 12.0. The summed E-state index contributed by atoms with van der Waals surface area (Å²) >= 11 is 11.1. The molecule has 1 aliphatic heterocycles. The summed E-state index contributed by atoms with van der Waals surface area (Å²) in [5.74, 6) is 6.34. The molecule has 3 aromatic carbocycles. The molecule has 5 rings (SSSR count). The van der Waals surface area contributed by atoms with Crippen molar-refractivity contribution in [3.05, 3.63) is 119 Å². The molecule has 1 amide bonds. The van der Waals surface area contributed by atoms with Crippen molar-refractivity contribution in [2.75, 3.05) is 27.4 Å².